The van der Waals surface area contributed by atoms with Gasteiger partial charge in [-0.25, -0.2) is 9.59 Å². The van der Waals surface area contributed by atoms with Crippen molar-refractivity contribution in [1.82, 2.24) is 21.3 Å². The van der Waals surface area contributed by atoms with Gasteiger partial charge in [0.25, 0.3) is 0 Å². The highest BCUT2D eigenvalue weighted by Gasteiger charge is 2.28. The van der Waals surface area contributed by atoms with Crippen LogP contribution in [0.2, 0.25) is 0 Å². The van der Waals surface area contributed by atoms with E-state index in [4.69, 9.17) is 4.74 Å². The van der Waals surface area contributed by atoms with Gasteiger partial charge in [-0.05, 0) is 33.6 Å². The highest BCUT2D eigenvalue weighted by molar-refractivity contribution is 5.95. The molecule has 0 heterocycles. The summed E-state index contributed by atoms with van der Waals surface area (Å²) in [5, 5.41) is 10.3. The number of imide groups is 1. The minimum atomic E-state index is -0.563. The van der Waals surface area contributed by atoms with E-state index in [1.54, 1.807) is 20.8 Å². The van der Waals surface area contributed by atoms with Crippen molar-refractivity contribution in [1.29, 1.82) is 0 Å². The highest BCUT2D eigenvalue weighted by Crippen LogP contribution is 2.14. The van der Waals surface area contributed by atoms with Crippen molar-refractivity contribution in [3.8, 4) is 0 Å². The molecule has 0 saturated carbocycles. The zero-order chi connectivity index (χ0) is 18.1. The summed E-state index contributed by atoms with van der Waals surface area (Å²) in [7, 11) is 1.43. The topological polar surface area (TPSA) is 109 Å². The van der Waals surface area contributed by atoms with Crippen LogP contribution in [0.25, 0.3) is 0 Å². The highest BCUT2D eigenvalue weighted by atomic mass is 16.6. The molecule has 0 aliphatic heterocycles. The normalized spacial score (nSPS) is 11.6. The summed E-state index contributed by atoms with van der Waals surface area (Å²) < 4.78 is 5.20. The number of hydrogen-bond acceptors (Lipinski definition) is 5. The summed E-state index contributed by atoms with van der Waals surface area (Å²) >= 11 is 0. The van der Waals surface area contributed by atoms with Gasteiger partial charge >= 0.3 is 12.1 Å². The van der Waals surface area contributed by atoms with Gasteiger partial charge in [-0.15, -0.1) is 0 Å². The molecule has 4 amide bonds. The Morgan fingerprint density at radius 3 is 2.04 bits per heavy atom. The van der Waals surface area contributed by atoms with Crippen LogP contribution in [0.1, 0.15) is 47.5 Å². The Kier molecular flexibility index (Phi) is 8.60. The maximum Gasteiger partial charge on any atom is 0.407 e. The van der Waals surface area contributed by atoms with Gasteiger partial charge in [-0.1, -0.05) is 13.8 Å². The van der Waals surface area contributed by atoms with Crippen LogP contribution in [-0.2, 0) is 9.53 Å². The van der Waals surface area contributed by atoms with Crippen LogP contribution in [0.5, 0.6) is 0 Å². The molecular formula is C15H30N4O4. The molecule has 0 rings (SSSR count). The molecule has 0 aromatic carbocycles. The van der Waals surface area contributed by atoms with E-state index in [2.05, 4.69) is 21.3 Å². The van der Waals surface area contributed by atoms with Gasteiger partial charge in [0.15, 0.2) is 0 Å². The van der Waals surface area contributed by atoms with E-state index >= 15 is 0 Å². The SMILES string of the molecule is CCC(CC)(CNC(=O)OC(C)(C)C)NCC(=O)NC(=O)NC. The Balaban J connectivity index is 4.53. The first-order valence-electron chi connectivity index (χ1n) is 7.81. The Bertz CT molecular complexity index is 414. The molecule has 8 nitrogen and oxygen atoms in total. The third-order valence-electron chi connectivity index (χ3n) is 3.43. The molecule has 0 unspecified atom stereocenters. The largest absolute Gasteiger partial charge is 0.444 e. The van der Waals surface area contributed by atoms with Gasteiger partial charge in [0, 0.05) is 19.1 Å². The molecule has 4 N–H and O–H groups in total. The van der Waals surface area contributed by atoms with Gasteiger partial charge in [-0.3, -0.25) is 10.1 Å². The van der Waals surface area contributed by atoms with Gasteiger partial charge in [0.1, 0.15) is 5.60 Å². The standard InChI is InChI=1S/C15H30N4O4/c1-7-15(8-2,10-17-13(22)23-14(3,4)5)18-9-11(20)19-12(21)16-6/h18H,7-10H2,1-6H3,(H,17,22)(H2,16,19,20,21). The molecule has 0 bridgehead atoms. The van der Waals surface area contributed by atoms with Crippen molar-refractivity contribution in [2.45, 2.75) is 58.6 Å². The lowest BCUT2D eigenvalue weighted by atomic mass is 9.92. The Hall–Kier alpha value is -1.83. The minimum absolute atomic E-state index is 0.0227. The molecule has 0 saturated heterocycles. The number of ether oxygens (including phenoxy) is 1. The third kappa shape index (κ3) is 9.02. The number of alkyl carbamates (subject to hydrolysis) is 1. The predicted octanol–water partition coefficient (Wildman–Crippen LogP) is 1.12. The summed E-state index contributed by atoms with van der Waals surface area (Å²) in [6.45, 7) is 9.60. The second kappa shape index (κ2) is 9.34. The van der Waals surface area contributed by atoms with E-state index in [-0.39, 0.29) is 6.54 Å². The molecule has 0 spiro atoms. The fourth-order valence-corrected chi connectivity index (χ4v) is 1.87. The van der Waals surface area contributed by atoms with Crippen molar-refractivity contribution in [3.05, 3.63) is 0 Å². The van der Waals surface area contributed by atoms with E-state index in [9.17, 15) is 14.4 Å². The van der Waals surface area contributed by atoms with Gasteiger partial charge in [0.05, 0.1) is 6.54 Å². The predicted molar refractivity (Wildman–Crippen MR) is 88.2 cm³/mol. The van der Waals surface area contributed by atoms with Crippen LogP contribution in [0.15, 0.2) is 0 Å². The van der Waals surface area contributed by atoms with Crippen LogP contribution in [0.4, 0.5) is 9.59 Å². The zero-order valence-electron chi connectivity index (χ0n) is 15.0. The molecule has 8 heteroatoms. The number of carbonyl (C=O) groups is 3. The molecule has 134 valence electrons. The molecule has 0 aliphatic carbocycles. The fourth-order valence-electron chi connectivity index (χ4n) is 1.87. The van der Waals surface area contributed by atoms with Gasteiger partial charge in [0.2, 0.25) is 5.91 Å². The lowest BCUT2D eigenvalue weighted by molar-refractivity contribution is -0.119. The maximum absolute atomic E-state index is 11.8. The first kappa shape index (κ1) is 21.2. The van der Waals surface area contributed by atoms with Crippen molar-refractivity contribution in [2.75, 3.05) is 20.1 Å². The van der Waals surface area contributed by atoms with E-state index in [0.29, 0.717) is 19.4 Å². The molecule has 0 radical (unpaired) electrons. The van der Waals surface area contributed by atoms with E-state index in [1.807, 2.05) is 13.8 Å². The maximum atomic E-state index is 11.8. The number of hydrogen-bond donors (Lipinski definition) is 4. The monoisotopic (exact) mass is 330 g/mol. The first-order valence-corrected chi connectivity index (χ1v) is 7.81. The zero-order valence-corrected chi connectivity index (χ0v) is 15.0. The van der Waals surface area contributed by atoms with E-state index in [1.165, 1.54) is 7.05 Å². The molecule has 23 heavy (non-hydrogen) atoms. The van der Waals surface area contributed by atoms with Crippen LogP contribution < -0.4 is 21.3 Å². The average molecular weight is 330 g/mol. The van der Waals surface area contributed by atoms with E-state index in [0.717, 1.165) is 0 Å². The quantitative estimate of drug-likeness (QED) is 0.559. The molecule has 0 aromatic heterocycles. The van der Waals surface area contributed by atoms with Gasteiger partial charge < -0.3 is 20.7 Å². The number of urea groups is 1. The van der Waals surface area contributed by atoms with Crippen molar-refractivity contribution >= 4 is 18.0 Å². The second-order valence-electron chi connectivity index (χ2n) is 6.32. The summed E-state index contributed by atoms with van der Waals surface area (Å²) in [6, 6.07) is -0.553. The van der Waals surface area contributed by atoms with Crippen LogP contribution in [-0.4, -0.2) is 49.3 Å². The number of rotatable bonds is 7. The number of carbonyl (C=O) groups excluding carboxylic acids is 3. The summed E-state index contributed by atoms with van der Waals surface area (Å²) in [6.07, 6.45) is 0.902. The molecular weight excluding hydrogens is 300 g/mol. The summed E-state index contributed by atoms with van der Waals surface area (Å²) in [4.78, 5) is 34.5. The Labute approximate surface area is 138 Å². The second-order valence-corrected chi connectivity index (χ2v) is 6.32. The third-order valence-corrected chi connectivity index (χ3v) is 3.43. The molecule has 0 fully saturated rings. The average Bonchev–Trinajstić information content (AvgIpc) is 2.46. The number of nitrogens with one attached hydrogen (secondary N) is 4. The van der Waals surface area contributed by atoms with Crippen molar-refractivity contribution < 1.29 is 19.1 Å². The van der Waals surface area contributed by atoms with Gasteiger partial charge in [-0.2, -0.15) is 0 Å². The lowest BCUT2D eigenvalue weighted by Crippen LogP contribution is -2.56. The smallest absolute Gasteiger partial charge is 0.407 e. The first-order chi connectivity index (χ1) is 10.6. The van der Waals surface area contributed by atoms with Crippen molar-refractivity contribution in [3.63, 3.8) is 0 Å². The van der Waals surface area contributed by atoms with Crippen LogP contribution in [0, 0.1) is 0 Å². The molecule has 0 aromatic rings. The lowest BCUT2D eigenvalue weighted by Gasteiger charge is -2.33. The fraction of sp³-hybridized carbons (Fsp3) is 0.800. The van der Waals surface area contributed by atoms with E-state index < -0.39 is 29.2 Å². The Morgan fingerprint density at radius 2 is 1.61 bits per heavy atom. The van der Waals surface area contributed by atoms with Crippen LogP contribution in [0.3, 0.4) is 0 Å². The minimum Gasteiger partial charge on any atom is -0.444 e. The Morgan fingerprint density at radius 1 is 1.04 bits per heavy atom. The summed E-state index contributed by atoms with van der Waals surface area (Å²) in [5.74, 6) is -0.437. The number of amides is 4. The molecule has 0 atom stereocenters. The van der Waals surface area contributed by atoms with Crippen LogP contribution >= 0.6 is 0 Å². The molecule has 0 aliphatic rings. The summed E-state index contributed by atoms with van der Waals surface area (Å²) in [5.41, 5.74) is -1.01. The van der Waals surface area contributed by atoms with Crippen molar-refractivity contribution in [2.24, 2.45) is 0 Å².